The second kappa shape index (κ2) is 4.85. The van der Waals surface area contributed by atoms with Crippen molar-refractivity contribution in [3.63, 3.8) is 0 Å². The van der Waals surface area contributed by atoms with Crippen LogP contribution < -0.4 is 0 Å². The smallest absolute Gasteiger partial charge is 0.373 e. The lowest BCUT2D eigenvalue weighted by Crippen LogP contribution is -2.23. The molecule has 1 aliphatic rings. The van der Waals surface area contributed by atoms with E-state index < -0.39 is 17.8 Å². The number of carbonyl (C=O) groups excluding carboxylic acids is 1. The third-order valence-corrected chi connectivity index (χ3v) is 2.98. The Bertz CT molecular complexity index is 476. The van der Waals surface area contributed by atoms with E-state index in [2.05, 4.69) is 4.98 Å². The van der Waals surface area contributed by atoms with Crippen LogP contribution in [0, 0.1) is 0 Å². The summed E-state index contributed by atoms with van der Waals surface area (Å²) in [5.74, 6) is -0.132. The second-order valence-electron chi connectivity index (χ2n) is 3.93. The van der Waals surface area contributed by atoms with Crippen molar-refractivity contribution < 1.29 is 22.7 Å². The maximum absolute atomic E-state index is 12.8. The van der Waals surface area contributed by atoms with Gasteiger partial charge in [0, 0.05) is 30.8 Å². The molecule has 7 heteroatoms. The highest BCUT2D eigenvalue weighted by atomic mass is 35.5. The first-order valence-electron chi connectivity index (χ1n) is 5.23. The van der Waals surface area contributed by atoms with Crippen LogP contribution in [0.15, 0.2) is 12.4 Å². The van der Waals surface area contributed by atoms with Gasteiger partial charge in [-0.25, -0.2) is 0 Å². The van der Waals surface area contributed by atoms with Crippen molar-refractivity contribution >= 4 is 17.4 Å². The Morgan fingerprint density at radius 2 is 2.11 bits per heavy atom. The van der Waals surface area contributed by atoms with Crippen molar-refractivity contribution in [1.82, 2.24) is 4.98 Å². The summed E-state index contributed by atoms with van der Waals surface area (Å²) in [5, 5.41) is -0.135. The molecule has 1 aromatic rings. The zero-order chi connectivity index (χ0) is 13.3. The van der Waals surface area contributed by atoms with Crippen LogP contribution in [-0.2, 0) is 15.7 Å². The summed E-state index contributed by atoms with van der Waals surface area (Å²) in [6, 6.07) is 0. The molecule has 0 bridgehead atoms. The first-order chi connectivity index (χ1) is 8.39. The molecule has 1 atom stereocenters. The van der Waals surface area contributed by atoms with E-state index in [1.165, 1.54) is 0 Å². The Balaban J connectivity index is 2.45. The summed E-state index contributed by atoms with van der Waals surface area (Å²) in [6.07, 6.45) is -3.57. The van der Waals surface area contributed by atoms with Crippen molar-refractivity contribution in [2.45, 2.75) is 25.1 Å². The van der Waals surface area contributed by atoms with Gasteiger partial charge >= 0.3 is 6.18 Å². The number of Topliss-reactive ketones (excluding diaryl/α,β-unsaturated/α-hetero) is 1. The number of alkyl halides is 3. The fourth-order valence-corrected chi connectivity index (χ4v) is 2.15. The molecular weight excluding hydrogens is 271 g/mol. The summed E-state index contributed by atoms with van der Waals surface area (Å²) in [4.78, 5) is 14.7. The molecule has 1 saturated heterocycles. The summed E-state index contributed by atoms with van der Waals surface area (Å²) in [7, 11) is 0. The van der Waals surface area contributed by atoms with E-state index in [1.54, 1.807) is 0 Å². The summed E-state index contributed by atoms with van der Waals surface area (Å²) < 4.78 is 43.7. The van der Waals surface area contributed by atoms with Gasteiger partial charge in [0.15, 0.2) is 0 Å². The fourth-order valence-electron chi connectivity index (χ4n) is 1.87. The van der Waals surface area contributed by atoms with E-state index in [0.717, 1.165) is 6.20 Å². The molecular formula is C11H9ClF3NO2. The largest absolute Gasteiger partial charge is 0.418 e. The minimum atomic E-state index is -4.57. The molecule has 0 spiro atoms. The van der Waals surface area contributed by atoms with Crippen LogP contribution in [0.3, 0.4) is 0 Å². The highest BCUT2D eigenvalue weighted by molar-refractivity contribution is 6.31. The monoisotopic (exact) mass is 279 g/mol. The molecule has 1 fully saturated rings. The molecule has 18 heavy (non-hydrogen) atoms. The molecule has 1 aromatic heterocycles. The van der Waals surface area contributed by atoms with Crippen molar-refractivity contribution in [2.75, 3.05) is 6.61 Å². The van der Waals surface area contributed by atoms with Crippen LogP contribution >= 0.6 is 11.6 Å². The van der Waals surface area contributed by atoms with Gasteiger partial charge in [-0.05, 0) is 0 Å². The molecule has 0 radical (unpaired) electrons. The average Bonchev–Trinajstić information content (AvgIpc) is 2.27. The Morgan fingerprint density at radius 3 is 2.72 bits per heavy atom. The van der Waals surface area contributed by atoms with E-state index in [-0.39, 0.29) is 35.8 Å². The van der Waals surface area contributed by atoms with Crippen molar-refractivity contribution in [3.8, 4) is 0 Å². The lowest BCUT2D eigenvalue weighted by atomic mass is 9.97. The summed E-state index contributed by atoms with van der Waals surface area (Å²) in [6.45, 7) is 0.111. The molecule has 0 N–H and O–H groups in total. The number of nitrogens with zero attached hydrogens (tertiary/aromatic N) is 1. The summed E-state index contributed by atoms with van der Waals surface area (Å²) in [5.41, 5.74) is -1.15. The lowest BCUT2D eigenvalue weighted by Gasteiger charge is -2.25. The van der Waals surface area contributed by atoms with Crippen molar-refractivity contribution in [1.29, 1.82) is 0 Å². The van der Waals surface area contributed by atoms with Gasteiger partial charge in [-0.2, -0.15) is 13.2 Å². The zero-order valence-electron chi connectivity index (χ0n) is 9.13. The number of hydrogen-bond acceptors (Lipinski definition) is 3. The second-order valence-corrected chi connectivity index (χ2v) is 4.34. The van der Waals surface area contributed by atoms with Gasteiger partial charge < -0.3 is 4.74 Å². The SMILES string of the molecule is O=C1CCOC(c2c(Cl)cncc2C(F)(F)F)C1. The van der Waals surface area contributed by atoms with E-state index >= 15 is 0 Å². The average molecular weight is 280 g/mol. The van der Waals surface area contributed by atoms with E-state index in [0.29, 0.717) is 6.20 Å². The first kappa shape index (κ1) is 13.3. The van der Waals surface area contributed by atoms with Crippen molar-refractivity contribution in [2.24, 2.45) is 0 Å². The standard InChI is InChI=1S/C11H9ClF3NO2/c12-8-5-16-4-7(11(13,14)15)10(8)9-3-6(17)1-2-18-9/h4-5,9H,1-3H2. The highest BCUT2D eigenvalue weighted by Gasteiger charge is 2.38. The predicted molar refractivity (Wildman–Crippen MR) is 57.2 cm³/mol. The van der Waals surface area contributed by atoms with E-state index in [4.69, 9.17) is 16.3 Å². The highest BCUT2D eigenvalue weighted by Crippen LogP contribution is 2.40. The molecule has 0 saturated carbocycles. The van der Waals surface area contributed by atoms with Gasteiger partial charge in [-0.1, -0.05) is 11.6 Å². The minimum Gasteiger partial charge on any atom is -0.373 e. The quantitative estimate of drug-likeness (QED) is 0.792. The number of aromatic nitrogens is 1. The zero-order valence-corrected chi connectivity index (χ0v) is 9.88. The fraction of sp³-hybridized carbons (Fsp3) is 0.455. The third-order valence-electron chi connectivity index (χ3n) is 2.68. The molecule has 1 aliphatic heterocycles. The molecule has 0 amide bonds. The number of carbonyl (C=O) groups is 1. The van der Waals surface area contributed by atoms with Crippen LogP contribution in [0.2, 0.25) is 5.02 Å². The van der Waals surface area contributed by atoms with Crippen LogP contribution in [0.4, 0.5) is 13.2 Å². The van der Waals surface area contributed by atoms with Crippen LogP contribution in [0.1, 0.15) is 30.1 Å². The molecule has 0 aromatic carbocycles. The lowest BCUT2D eigenvalue weighted by molar-refractivity contribution is -0.142. The molecule has 2 heterocycles. The Labute approximate surface area is 106 Å². The minimum absolute atomic E-state index is 0.0905. The molecule has 2 rings (SSSR count). The van der Waals surface area contributed by atoms with E-state index in [1.807, 2.05) is 0 Å². The van der Waals surface area contributed by atoms with Gasteiger partial charge in [0.2, 0.25) is 0 Å². The van der Waals surface area contributed by atoms with Gasteiger partial charge in [0.25, 0.3) is 0 Å². The predicted octanol–water partition coefficient (Wildman–Crippen LogP) is 3.17. The van der Waals surface area contributed by atoms with Gasteiger partial charge in [-0.15, -0.1) is 0 Å². The van der Waals surface area contributed by atoms with E-state index in [9.17, 15) is 18.0 Å². The maximum atomic E-state index is 12.8. The number of ether oxygens (including phenoxy) is 1. The summed E-state index contributed by atoms with van der Waals surface area (Å²) >= 11 is 5.76. The van der Waals surface area contributed by atoms with Gasteiger partial charge in [0.05, 0.1) is 23.3 Å². The molecule has 98 valence electrons. The number of ketones is 1. The maximum Gasteiger partial charge on any atom is 0.418 e. The van der Waals surface area contributed by atoms with Crippen LogP contribution in [0.25, 0.3) is 0 Å². The number of pyridine rings is 1. The van der Waals surface area contributed by atoms with Crippen LogP contribution in [0.5, 0.6) is 0 Å². The van der Waals surface area contributed by atoms with Crippen molar-refractivity contribution in [3.05, 3.63) is 28.5 Å². The topological polar surface area (TPSA) is 39.2 Å². The molecule has 0 aliphatic carbocycles. The molecule has 1 unspecified atom stereocenters. The third kappa shape index (κ3) is 2.64. The Hall–Kier alpha value is -1.14. The normalized spacial score (nSPS) is 21.1. The first-order valence-corrected chi connectivity index (χ1v) is 5.61. The van der Waals surface area contributed by atoms with Gasteiger partial charge in [-0.3, -0.25) is 9.78 Å². The Morgan fingerprint density at radius 1 is 1.39 bits per heavy atom. The number of hydrogen-bond donors (Lipinski definition) is 0. The number of halogens is 4. The Kier molecular flexibility index (Phi) is 3.59. The number of rotatable bonds is 1. The van der Waals surface area contributed by atoms with Gasteiger partial charge in [0.1, 0.15) is 5.78 Å². The van der Waals surface area contributed by atoms with Crippen LogP contribution in [-0.4, -0.2) is 17.4 Å². The molecule has 3 nitrogen and oxygen atoms in total.